The number of fused-ring (bicyclic) bond motifs is 1. The number of nitrogens with zero attached hydrogens (tertiary/aromatic N) is 4. The van der Waals surface area contributed by atoms with E-state index in [-0.39, 0.29) is 11.4 Å². The third-order valence-corrected chi connectivity index (χ3v) is 4.30. The van der Waals surface area contributed by atoms with Gasteiger partial charge in [-0.3, -0.25) is 9.47 Å². The predicted octanol–water partition coefficient (Wildman–Crippen LogP) is 1.54. The highest BCUT2D eigenvalue weighted by Gasteiger charge is 2.28. The maximum Gasteiger partial charge on any atom is 0.350 e. The number of benzene rings is 1. The quantitative estimate of drug-likeness (QED) is 0.864. The van der Waals surface area contributed by atoms with Crippen molar-refractivity contribution < 1.29 is 8.78 Å². The molecular weight excluding hydrogens is 290 g/mol. The van der Waals surface area contributed by atoms with Gasteiger partial charge in [-0.25, -0.2) is 13.6 Å². The van der Waals surface area contributed by atoms with Crippen molar-refractivity contribution in [3.8, 4) is 5.69 Å². The first kappa shape index (κ1) is 13.6. The second-order valence-electron chi connectivity index (χ2n) is 6.04. The molecule has 2 aromatic rings. The van der Waals surface area contributed by atoms with Crippen molar-refractivity contribution in [2.45, 2.75) is 25.9 Å². The highest BCUT2D eigenvalue weighted by Crippen LogP contribution is 2.30. The fourth-order valence-corrected chi connectivity index (χ4v) is 2.93. The maximum absolute atomic E-state index is 13.9. The van der Waals surface area contributed by atoms with Gasteiger partial charge in [0, 0.05) is 25.7 Å². The van der Waals surface area contributed by atoms with Crippen LogP contribution < -0.4 is 5.69 Å². The van der Waals surface area contributed by atoms with Gasteiger partial charge in [-0.05, 0) is 30.9 Å². The van der Waals surface area contributed by atoms with Crippen LogP contribution >= 0.6 is 0 Å². The Morgan fingerprint density at radius 2 is 2.05 bits per heavy atom. The fourth-order valence-electron chi connectivity index (χ4n) is 2.93. The first-order chi connectivity index (χ1) is 10.6. The van der Waals surface area contributed by atoms with Crippen LogP contribution in [0.4, 0.5) is 8.78 Å². The largest absolute Gasteiger partial charge is 0.350 e. The summed E-state index contributed by atoms with van der Waals surface area (Å²) in [5, 5.41) is 4.25. The molecule has 1 aromatic carbocycles. The van der Waals surface area contributed by atoms with Crippen LogP contribution in [-0.2, 0) is 13.1 Å². The van der Waals surface area contributed by atoms with Gasteiger partial charge < -0.3 is 0 Å². The standard InChI is InChI=1S/C15H16F2N4O/c16-11-3-4-13(12(17)7-11)21-15(22)20-6-5-19(8-10-1-2-10)9-14(20)18-21/h3-4,7,10H,1-2,5-6,8-9H2. The van der Waals surface area contributed by atoms with E-state index in [1.807, 2.05) is 0 Å². The van der Waals surface area contributed by atoms with E-state index in [2.05, 4.69) is 10.00 Å². The monoisotopic (exact) mass is 306 g/mol. The number of halogens is 2. The molecule has 116 valence electrons. The molecule has 0 bridgehead atoms. The molecule has 2 aliphatic rings. The average molecular weight is 306 g/mol. The fraction of sp³-hybridized carbons (Fsp3) is 0.467. The van der Waals surface area contributed by atoms with Crippen molar-refractivity contribution in [1.29, 1.82) is 0 Å². The van der Waals surface area contributed by atoms with Crippen LogP contribution in [0.15, 0.2) is 23.0 Å². The van der Waals surface area contributed by atoms with Gasteiger partial charge in [0.25, 0.3) is 0 Å². The molecule has 5 nitrogen and oxygen atoms in total. The molecule has 0 amide bonds. The Morgan fingerprint density at radius 1 is 1.23 bits per heavy atom. The molecule has 0 atom stereocenters. The third kappa shape index (κ3) is 2.35. The molecule has 0 spiro atoms. The van der Waals surface area contributed by atoms with Gasteiger partial charge >= 0.3 is 5.69 Å². The van der Waals surface area contributed by atoms with Crippen molar-refractivity contribution in [2.24, 2.45) is 5.92 Å². The van der Waals surface area contributed by atoms with Crippen LogP contribution in [0.5, 0.6) is 0 Å². The van der Waals surface area contributed by atoms with Crippen molar-refractivity contribution in [2.75, 3.05) is 13.1 Å². The van der Waals surface area contributed by atoms with Crippen LogP contribution in [-0.4, -0.2) is 32.3 Å². The average Bonchev–Trinajstić information content (AvgIpc) is 3.23. The summed E-state index contributed by atoms with van der Waals surface area (Å²) in [6.07, 6.45) is 2.55. The lowest BCUT2D eigenvalue weighted by Gasteiger charge is -2.26. The Bertz CT molecular complexity index is 778. The van der Waals surface area contributed by atoms with Crippen molar-refractivity contribution >= 4 is 0 Å². The molecule has 1 aromatic heterocycles. The highest BCUT2D eigenvalue weighted by molar-refractivity contribution is 5.32. The van der Waals surface area contributed by atoms with E-state index in [0.717, 1.165) is 35.8 Å². The smallest absolute Gasteiger partial charge is 0.294 e. The van der Waals surface area contributed by atoms with Crippen LogP contribution in [0.2, 0.25) is 0 Å². The molecule has 0 saturated heterocycles. The number of hydrogen-bond acceptors (Lipinski definition) is 3. The normalized spacial score (nSPS) is 18.5. The molecule has 0 N–H and O–H groups in total. The first-order valence-corrected chi connectivity index (χ1v) is 7.48. The molecule has 0 radical (unpaired) electrons. The lowest BCUT2D eigenvalue weighted by atomic mass is 10.3. The van der Waals surface area contributed by atoms with Gasteiger partial charge in [-0.1, -0.05) is 0 Å². The van der Waals surface area contributed by atoms with Crippen molar-refractivity contribution in [1.82, 2.24) is 19.2 Å². The lowest BCUT2D eigenvalue weighted by Crippen LogP contribution is -2.38. The summed E-state index contributed by atoms with van der Waals surface area (Å²) in [7, 11) is 0. The van der Waals surface area contributed by atoms with Crippen LogP contribution in [0.25, 0.3) is 5.69 Å². The number of hydrogen-bond donors (Lipinski definition) is 0. The van der Waals surface area contributed by atoms with Crippen LogP contribution in [0.3, 0.4) is 0 Å². The van der Waals surface area contributed by atoms with E-state index in [4.69, 9.17) is 0 Å². The van der Waals surface area contributed by atoms with E-state index in [0.29, 0.717) is 18.9 Å². The maximum atomic E-state index is 13.9. The molecule has 4 rings (SSSR count). The van der Waals surface area contributed by atoms with Crippen LogP contribution in [0.1, 0.15) is 18.7 Å². The summed E-state index contributed by atoms with van der Waals surface area (Å²) in [6, 6.07) is 3.13. The minimum atomic E-state index is -0.785. The van der Waals surface area contributed by atoms with E-state index in [1.165, 1.54) is 18.9 Å². The summed E-state index contributed by atoms with van der Waals surface area (Å²) in [5.74, 6) is -0.0446. The van der Waals surface area contributed by atoms with Crippen molar-refractivity contribution in [3.05, 3.63) is 46.1 Å². The van der Waals surface area contributed by atoms with Gasteiger partial charge in [0.1, 0.15) is 17.3 Å². The van der Waals surface area contributed by atoms with Crippen molar-refractivity contribution in [3.63, 3.8) is 0 Å². The summed E-state index contributed by atoms with van der Waals surface area (Å²) >= 11 is 0. The molecule has 7 heteroatoms. The molecule has 2 heterocycles. The third-order valence-electron chi connectivity index (χ3n) is 4.30. The van der Waals surface area contributed by atoms with Gasteiger partial charge in [0.05, 0.1) is 6.54 Å². The van der Waals surface area contributed by atoms with E-state index in [1.54, 1.807) is 4.57 Å². The van der Waals surface area contributed by atoms with E-state index >= 15 is 0 Å². The topological polar surface area (TPSA) is 43.1 Å². The SMILES string of the molecule is O=c1n(-c2ccc(F)cc2F)nc2n1CCN(CC1CC1)C2. The summed E-state index contributed by atoms with van der Waals surface area (Å²) < 4.78 is 29.5. The Kier molecular flexibility index (Phi) is 3.11. The van der Waals surface area contributed by atoms with Gasteiger partial charge in [0.15, 0.2) is 5.82 Å². The number of aromatic nitrogens is 3. The number of rotatable bonds is 3. The summed E-state index contributed by atoms with van der Waals surface area (Å²) in [4.78, 5) is 14.7. The van der Waals surface area contributed by atoms with E-state index < -0.39 is 11.6 Å². The Morgan fingerprint density at radius 3 is 2.77 bits per heavy atom. The molecule has 1 aliphatic heterocycles. The molecule has 1 fully saturated rings. The molecule has 22 heavy (non-hydrogen) atoms. The lowest BCUT2D eigenvalue weighted by molar-refractivity contribution is 0.207. The summed E-state index contributed by atoms with van der Waals surface area (Å²) in [6.45, 7) is 3.00. The molecular formula is C15H16F2N4O. The molecule has 1 aliphatic carbocycles. The Balaban J connectivity index is 1.68. The Labute approximate surface area is 125 Å². The van der Waals surface area contributed by atoms with E-state index in [9.17, 15) is 13.6 Å². The second-order valence-corrected chi connectivity index (χ2v) is 6.04. The second kappa shape index (κ2) is 5.01. The summed E-state index contributed by atoms with van der Waals surface area (Å²) in [5.41, 5.74) is -0.381. The first-order valence-electron chi connectivity index (χ1n) is 7.48. The zero-order chi connectivity index (χ0) is 15.3. The van der Waals surface area contributed by atoms with Gasteiger partial charge in [0.2, 0.25) is 0 Å². The highest BCUT2D eigenvalue weighted by atomic mass is 19.1. The molecule has 1 saturated carbocycles. The van der Waals surface area contributed by atoms with Crippen LogP contribution in [0, 0.1) is 17.6 Å². The minimum absolute atomic E-state index is 0.0120. The zero-order valence-corrected chi connectivity index (χ0v) is 12.0. The van der Waals surface area contributed by atoms with Gasteiger partial charge in [-0.15, -0.1) is 5.10 Å². The minimum Gasteiger partial charge on any atom is -0.294 e. The predicted molar refractivity (Wildman–Crippen MR) is 75.7 cm³/mol. The molecule has 0 unspecified atom stereocenters. The Hall–Kier alpha value is -2.02. The van der Waals surface area contributed by atoms with Gasteiger partial charge in [-0.2, -0.15) is 4.68 Å². The zero-order valence-electron chi connectivity index (χ0n) is 12.0.